The predicted molar refractivity (Wildman–Crippen MR) is 103 cm³/mol. The average Bonchev–Trinajstić information content (AvgIpc) is 2.61. The standard InChI is InChI=1S/C20H18ClN3O3/c1-12-3-8-16-13(9-12)10-20(11-23(16)2)17(25)22-19(27)24(18(20)26)15-6-4-14(21)5-7-15/h3-9H,10-11H2,1-2H3,(H,22,25,27). The van der Waals surface area contributed by atoms with Gasteiger partial charge in [-0.2, -0.15) is 0 Å². The number of urea groups is 1. The molecular formula is C20H18ClN3O3. The Labute approximate surface area is 161 Å². The maximum absolute atomic E-state index is 13.4. The number of rotatable bonds is 1. The molecule has 1 saturated heterocycles. The monoisotopic (exact) mass is 383 g/mol. The molecular weight excluding hydrogens is 366 g/mol. The number of nitrogens with zero attached hydrogens (tertiary/aromatic N) is 2. The molecule has 0 aromatic heterocycles. The fourth-order valence-corrected chi connectivity index (χ4v) is 4.02. The van der Waals surface area contributed by atoms with E-state index in [0.29, 0.717) is 10.7 Å². The minimum absolute atomic E-state index is 0.200. The lowest BCUT2D eigenvalue weighted by atomic mass is 9.74. The number of aryl methyl sites for hydroxylation is 1. The number of amides is 4. The van der Waals surface area contributed by atoms with E-state index in [1.807, 2.05) is 37.1 Å². The maximum Gasteiger partial charge on any atom is 0.335 e. The topological polar surface area (TPSA) is 69.7 Å². The number of imide groups is 2. The quantitative estimate of drug-likeness (QED) is 0.769. The van der Waals surface area contributed by atoms with E-state index in [2.05, 4.69) is 5.32 Å². The van der Waals surface area contributed by atoms with E-state index >= 15 is 0 Å². The number of barbiturate groups is 1. The molecule has 0 aliphatic carbocycles. The van der Waals surface area contributed by atoms with E-state index in [1.54, 1.807) is 24.3 Å². The molecule has 0 bridgehead atoms. The molecule has 2 heterocycles. The Balaban J connectivity index is 1.80. The third-order valence-corrected chi connectivity index (χ3v) is 5.45. The lowest BCUT2D eigenvalue weighted by Gasteiger charge is -2.45. The summed E-state index contributed by atoms with van der Waals surface area (Å²) < 4.78 is 0. The van der Waals surface area contributed by atoms with E-state index in [9.17, 15) is 14.4 Å². The van der Waals surface area contributed by atoms with Gasteiger partial charge in [-0.25, -0.2) is 9.69 Å². The fraction of sp³-hybridized carbons (Fsp3) is 0.250. The molecule has 1 N–H and O–H groups in total. The zero-order chi connectivity index (χ0) is 19.3. The molecule has 6 nitrogen and oxygen atoms in total. The summed E-state index contributed by atoms with van der Waals surface area (Å²) >= 11 is 5.91. The Bertz CT molecular complexity index is 973. The summed E-state index contributed by atoms with van der Waals surface area (Å²) in [7, 11) is 1.85. The van der Waals surface area contributed by atoms with Crippen LogP contribution in [0.25, 0.3) is 0 Å². The highest BCUT2D eigenvalue weighted by Gasteiger charge is 2.56. The first kappa shape index (κ1) is 17.5. The van der Waals surface area contributed by atoms with Crippen molar-refractivity contribution in [3.05, 3.63) is 58.6 Å². The van der Waals surface area contributed by atoms with Gasteiger partial charge in [-0.1, -0.05) is 29.3 Å². The van der Waals surface area contributed by atoms with Gasteiger partial charge in [0.15, 0.2) is 5.41 Å². The molecule has 1 unspecified atom stereocenters. The smallest absolute Gasteiger partial charge is 0.335 e. The molecule has 4 amide bonds. The summed E-state index contributed by atoms with van der Waals surface area (Å²) in [6.45, 7) is 2.17. The summed E-state index contributed by atoms with van der Waals surface area (Å²) in [5.74, 6) is -1.07. The zero-order valence-corrected chi connectivity index (χ0v) is 15.7. The molecule has 2 aliphatic rings. The Morgan fingerprint density at radius 3 is 2.48 bits per heavy atom. The molecule has 1 spiro atoms. The molecule has 27 heavy (non-hydrogen) atoms. The van der Waals surface area contributed by atoms with Crippen LogP contribution >= 0.6 is 11.6 Å². The SMILES string of the molecule is Cc1ccc2c(c1)CC1(CN2C)C(=O)NC(=O)N(c2ccc(Cl)cc2)C1=O. The van der Waals surface area contributed by atoms with Gasteiger partial charge in [0.2, 0.25) is 5.91 Å². The summed E-state index contributed by atoms with van der Waals surface area (Å²) in [6.07, 6.45) is 0.246. The number of nitrogens with one attached hydrogen (secondary N) is 1. The van der Waals surface area contributed by atoms with Gasteiger partial charge in [0, 0.05) is 24.3 Å². The van der Waals surface area contributed by atoms with Crippen LogP contribution in [-0.2, 0) is 16.0 Å². The van der Waals surface area contributed by atoms with Crippen molar-refractivity contribution in [1.82, 2.24) is 5.32 Å². The number of halogens is 1. The van der Waals surface area contributed by atoms with Gasteiger partial charge in [0.25, 0.3) is 5.91 Å². The van der Waals surface area contributed by atoms with E-state index in [1.165, 1.54) is 0 Å². The lowest BCUT2D eigenvalue weighted by molar-refractivity contribution is -0.142. The number of fused-ring (bicyclic) bond motifs is 1. The van der Waals surface area contributed by atoms with Crippen LogP contribution in [0.4, 0.5) is 16.2 Å². The van der Waals surface area contributed by atoms with E-state index in [4.69, 9.17) is 11.6 Å². The van der Waals surface area contributed by atoms with Crippen molar-refractivity contribution in [2.75, 3.05) is 23.4 Å². The molecule has 1 atom stereocenters. The highest BCUT2D eigenvalue weighted by molar-refractivity contribution is 6.32. The molecule has 138 valence electrons. The van der Waals surface area contributed by atoms with Crippen LogP contribution in [0, 0.1) is 12.3 Å². The number of carbonyl (C=O) groups excluding carboxylic acids is 3. The second-order valence-corrected chi connectivity index (χ2v) is 7.56. The lowest BCUT2D eigenvalue weighted by Crippen LogP contribution is -2.68. The summed E-state index contributed by atoms with van der Waals surface area (Å²) in [6, 6.07) is 11.6. The van der Waals surface area contributed by atoms with E-state index in [-0.39, 0.29) is 13.0 Å². The molecule has 7 heteroatoms. The normalized spacial score (nSPS) is 22.1. The van der Waals surface area contributed by atoms with Gasteiger partial charge < -0.3 is 4.90 Å². The van der Waals surface area contributed by atoms with Crippen molar-refractivity contribution >= 4 is 40.8 Å². The minimum atomic E-state index is -1.36. The van der Waals surface area contributed by atoms with Crippen LogP contribution in [-0.4, -0.2) is 31.4 Å². The average molecular weight is 384 g/mol. The van der Waals surface area contributed by atoms with Crippen LogP contribution in [0.3, 0.4) is 0 Å². The Morgan fingerprint density at radius 1 is 1.07 bits per heavy atom. The molecule has 0 radical (unpaired) electrons. The first-order valence-electron chi connectivity index (χ1n) is 8.58. The number of benzene rings is 2. The van der Waals surface area contributed by atoms with Gasteiger partial charge in [-0.3, -0.25) is 14.9 Å². The van der Waals surface area contributed by atoms with E-state index in [0.717, 1.165) is 21.7 Å². The Morgan fingerprint density at radius 2 is 1.78 bits per heavy atom. The third kappa shape index (κ3) is 2.68. The van der Waals surface area contributed by atoms with Crippen LogP contribution in [0.1, 0.15) is 11.1 Å². The molecule has 1 fully saturated rings. The molecule has 2 aromatic carbocycles. The summed E-state index contributed by atoms with van der Waals surface area (Å²) in [5.41, 5.74) is 1.97. The van der Waals surface area contributed by atoms with Crippen molar-refractivity contribution in [3.8, 4) is 0 Å². The maximum atomic E-state index is 13.4. The second kappa shape index (κ2) is 6.09. The van der Waals surface area contributed by atoms with Crippen molar-refractivity contribution < 1.29 is 14.4 Å². The van der Waals surface area contributed by atoms with Crippen LogP contribution < -0.4 is 15.1 Å². The fourth-order valence-electron chi connectivity index (χ4n) is 3.90. The molecule has 0 saturated carbocycles. The van der Waals surface area contributed by atoms with Gasteiger partial charge in [-0.05, 0) is 49.2 Å². The summed E-state index contributed by atoms with van der Waals surface area (Å²) in [5, 5.41) is 2.86. The third-order valence-electron chi connectivity index (χ3n) is 5.20. The number of hydrogen-bond acceptors (Lipinski definition) is 4. The highest BCUT2D eigenvalue weighted by atomic mass is 35.5. The van der Waals surface area contributed by atoms with Gasteiger partial charge in [-0.15, -0.1) is 0 Å². The van der Waals surface area contributed by atoms with E-state index < -0.39 is 23.3 Å². The molecule has 4 rings (SSSR count). The predicted octanol–water partition coefficient (Wildman–Crippen LogP) is 2.91. The first-order valence-corrected chi connectivity index (χ1v) is 8.96. The summed E-state index contributed by atoms with van der Waals surface area (Å²) in [4.78, 5) is 41.6. The van der Waals surface area contributed by atoms with Crippen molar-refractivity contribution in [2.45, 2.75) is 13.3 Å². The van der Waals surface area contributed by atoms with Crippen molar-refractivity contribution in [1.29, 1.82) is 0 Å². The molecule has 2 aliphatic heterocycles. The van der Waals surface area contributed by atoms with Crippen molar-refractivity contribution in [3.63, 3.8) is 0 Å². The minimum Gasteiger partial charge on any atom is -0.373 e. The van der Waals surface area contributed by atoms with Crippen LogP contribution in [0.2, 0.25) is 5.02 Å². The van der Waals surface area contributed by atoms with Crippen LogP contribution in [0.5, 0.6) is 0 Å². The van der Waals surface area contributed by atoms with Crippen molar-refractivity contribution in [2.24, 2.45) is 5.41 Å². The Kier molecular flexibility index (Phi) is 3.96. The zero-order valence-electron chi connectivity index (χ0n) is 15.0. The number of carbonyl (C=O) groups is 3. The Hall–Kier alpha value is -2.86. The second-order valence-electron chi connectivity index (χ2n) is 7.12. The van der Waals surface area contributed by atoms with Gasteiger partial charge in [0.05, 0.1) is 5.69 Å². The van der Waals surface area contributed by atoms with Gasteiger partial charge in [0.1, 0.15) is 0 Å². The molecule has 2 aromatic rings. The first-order chi connectivity index (χ1) is 12.8. The van der Waals surface area contributed by atoms with Gasteiger partial charge >= 0.3 is 6.03 Å². The highest BCUT2D eigenvalue weighted by Crippen LogP contribution is 2.40. The number of anilines is 2. The largest absolute Gasteiger partial charge is 0.373 e. The number of hydrogen-bond donors (Lipinski definition) is 1. The van der Waals surface area contributed by atoms with Crippen LogP contribution in [0.15, 0.2) is 42.5 Å².